The van der Waals surface area contributed by atoms with Gasteiger partial charge >= 0.3 is 6.03 Å². The summed E-state index contributed by atoms with van der Waals surface area (Å²) in [5, 5.41) is 11.5. The van der Waals surface area contributed by atoms with Crippen LogP contribution in [0.2, 0.25) is 0 Å². The molecule has 1 unspecified atom stereocenters. The normalized spacial score (nSPS) is 16.6. The zero-order chi connectivity index (χ0) is 20.1. The van der Waals surface area contributed by atoms with Crippen molar-refractivity contribution >= 4 is 6.03 Å². The number of para-hydroxylation sites is 1. The van der Waals surface area contributed by atoms with Crippen LogP contribution in [0.4, 0.5) is 4.79 Å². The summed E-state index contributed by atoms with van der Waals surface area (Å²) in [6.45, 7) is 4.18. The number of aromatic nitrogens is 3. The lowest BCUT2D eigenvalue weighted by Gasteiger charge is -2.32. The number of hydrogen-bond acceptors (Lipinski definition) is 3. The zero-order valence-electron chi connectivity index (χ0n) is 16.8. The number of carbonyl (C=O) groups is 1. The molecule has 0 saturated carbocycles. The maximum atomic E-state index is 12.7. The van der Waals surface area contributed by atoms with Gasteiger partial charge in [-0.1, -0.05) is 48.0 Å². The summed E-state index contributed by atoms with van der Waals surface area (Å²) in [4.78, 5) is 14.6. The molecule has 2 aromatic carbocycles. The number of aryl methyl sites for hydroxylation is 1. The Hall–Kier alpha value is -3.15. The first kappa shape index (κ1) is 19.2. The first-order chi connectivity index (χ1) is 14.2. The van der Waals surface area contributed by atoms with Crippen LogP contribution >= 0.6 is 0 Å². The average Bonchev–Trinajstić information content (AvgIpc) is 3.22. The van der Waals surface area contributed by atoms with Crippen molar-refractivity contribution in [1.29, 1.82) is 0 Å². The third-order valence-electron chi connectivity index (χ3n) is 5.49. The third-order valence-corrected chi connectivity index (χ3v) is 5.49. The predicted molar refractivity (Wildman–Crippen MR) is 113 cm³/mol. The molecule has 1 N–H and O–H groups in total. The van der Waals surface area contributed by atoms with Crippen LogP contribution in [0.3, 0.4) is 0 Å². The third kappa shape index (κ3) is 4.83. The van der Waals surface area contributed by atoms with Gasteiger partial charge in [0.15, 0.2) is 0 Å². The first-order valence-electron chi connectivity index (χ1n) is 10.2. The molecule has 2 amide bonds. The van der Waals surface area contributed by atoms with E-state index >= 15 is 0 Å². The summed E-state index contributed by atoms with van der Waals surface area (Å²) in [6, 6.07) is 18.4. The van der Waals surface area contributed by atoms with Gasteiger partial charge in [-0.2, -0.15) is 0 Å². The zero-order valence-corrected chi connectivity index (χ0v) is 16.8. The second-order valence-electron chi connectivity index (χ2n) is 7.76. The van der Waals surface area contributed by atoms with Gasteiger partial charge in [-0.3, -0.25) is 4.57 Å². The number of rotatable bonds is 5. The molecule has 29 heavy (non-hydrogen) atoms. The van der Waals surface area contributed by atoms with Crippen molar-refractivity contribution in [3.05, 3.63) is 77.9 Å². The van der Waals surface area contributed by atoms with Gasteiger partial charge < -0.3 is 10.2 Å². The van der Waals surface area contributed by atoms with Crippen LogP contribution in [0.1, 0.15) is 29.8 Å². The smallest absolute Gasteiger partial charge is 0.317 e. The second-order valence-corrected chi connectivity index (χ2v) is 7.76. The monoisotopic (exact) mass is 389 g/mol. The Balaban J connectivity index is 1.35. The number of benzene rings is 2. The summed E-state index contributed by atoms with van der Waals surface area (Å²) in [7, 11) is 0. The predicted octanol–water partition coefficient (Wildman–Crippen LogP) is 3.74. The van der Waals surface area contributed by atoms with Gasteiger partial charge in [0, 0.05) is 31.7 Å². The van der Waals surface area contributed by atoms with Crippen molar-refractivity contribution in [3.63, 3.8) is 0 Å². The van der Waals surface area contributed by atoms with Crippen molar-refractivity contribution in [3.8, 4) is 5.69 Å². The van der Waals surface area contributed by atoms with Gasteiger partial charge in [-0.05, 0) is 43.4 Å². The van der Waals surface area contributed by atoms with E-state index in [9.17, 15) is 4.79 Å². The Kier molecular flexibility index (Phi) is 5.89. The largest absolute Gasteiger partial charge is 0.334 e. The molecule has 0 aliphatic carbocycles. The van der Waals surface area contributed by atoms with Gasteiger partial charge in [0.05, 0.1) is 0 Å². The number of nitrogens with one attached hydrogen (secondary N) is 1. The Labute approximate surface area is 171 Å². The van der Waals surface area contributed by atoms with Crippen molar-refractivity contribution < 1.29 is 4.79 Å². The highest BCUT2D eigenvalue weighted by molar-refractivity contribution is 5.74. The van der Waals surface area contributed by atoms with Crippen LogP contribution in [-0.4, -0.2) is 38.8 Å². The molecule has 0 spiro atoms. The molecule has 2 heterocycles. The summed E-state index contributed by atoms with van der Waals surface area (Å²) < 4.78 is 2.04. The van der Waals surface area contributed by atoms with E-state index in [1.807, 2.05) is 27.7 Å². The molecule has 1 aliphatic rings. The molecule has 6 nitrogen and oxygen atoms in total. The topological polar surface area (TPSA) is 63.1 Å². The summed E-state index contributed by atoms with van der Waals surface area (Å²) >= 11 is 0. The number of amides is 2. The number of carbonyl (C=O) groups excluding carboxylic acids is 1. The highest BCUT2D eigenvalue weighted by Crippen LogP contribution is 2.21. The van der Waals surface area contributed by atoms with Crippen LogP contribution in [0, 0.1) is 12.8 Å². The van der Waals surface area contributed by atoms with Crippen LogP contribution < -0.4 is 5.32 Å². The molecule has 3 aromatic rings. The minimum atomic E-state index is 0.0137. The van der Waals surface area contributed by atoms with Gasteiger partial charge in [0.2, 0.25) is 0 Å². The SMILES string of the molecule is Cc1ccc(CNC(=O)N2CCCC(Cc3nncn3-c3ccccc3)C2)cc1. The highest BCUT2D eigenvalue weighted by Gasteiger charge is 2.25. The number of urea groups is 1. The van der Waals surface area contributed by atoms with Crippen molar-refractivity contribution in [2.45, 2.75) is 32.7 Å². The molecule has 0 bridgehead atoms. The Morgan fingerprint density at radius 1 is 1.14 bits per heavy atom. The lowest BCUT2D eigenvalue weighted by atomic mass is 9.94. The molecule has 0 radical (unpaired) electrons. The Bertz CT molecular complexity index is 935. The van der Waals surface area contributed by atoms with E-state index in [0.717, 1.165) is 49.4 Å². The molecule has 6 heteroatoms. The summed E-state index contributed by atoms with van der Waals surface area (Å²) in [5.74, 6) is 1.34. The fraction of sp³-hybridized carbons (Fsp3) is 0.348. The van der Waals surface area contributed by atoms with E-state index in [-0.39, 0.29) is 6.03 Å². The van der Waals surface area contributed by atoms with Crippen LogP contribution in [-0.2, 0) is 13.0 Å². The summed E-state index contributed by atoms with van der Waals surface area (Å²) in [5.41, 5.74) is 3.41. The first-order valence-corrected chi connectivity index (χ1v) is 10.2. The molecular formula is C23H27N5O. The quantitative estimate of drug-likeness (QED) is 0.723. The van der Waals surface area contributed by atoms with Crippen LogP contribution in [0.5, 0.6) is 0 Å². The van der Waals surface area contributed by atoms with E-state index in [1.54, 1.807) is 6.33 Å². The van der Waals surface area contributed by atoms with Gasteiger partial charge in [-0.25, -0.2) is 4.79 Å². The van der Waals surface area contributed by atoms with E-state index < -0.39 is 0 Å². The van der Waals surface area contributed by atoms with Gasteiger partial charge in [-0.15, -0.1) is 10.2 Å². The van der Waals surface area contributed by atoms with E-state index in [2.05, 4.69) is 58.8 Å². The molecular weight excluding hydrogens is 362 g/mol. The Morgan fingerprint density at radius 2 is 1.93 bits per heavy atom. The van der Waals surface area contributed by atoms with Crippen molar-refractivity contribution in [2.24, 2.45) is 5.92 Å². The average molecular weight is 390 g/mol. The lowest BCUT2D eigenvalue weighted by molar-refractivity contribution is 0.164. The van der Waals surface area contributed by atoms with Crippen LogP contribution in [0.25, 0.3) is 5.69 Å². The molecule has 4 rings (SSSR count). The van der Waals surface area contributed by atoms with Crippen molar-refractivity contribution in [1.82, 2.24) is 25.0 Å². The van der Waals surface area contributed by atoms with Gasteiger partial charge in [0.25, 0.3) is 0 Å². The minimum Gasteiger partial charge on any atom is -0.334 e. The summed E-state index contributed by atoms with van der Waals surface area (Å²) in [6.07, 6.45) is 4.70. The Morgan fingerprint density at radius 3 is 2.72 bits per heavy atom. The maximum Gasteiger partial charge on any atom is 0.317 e. The minimum absolute atomic E-state index is 0.0137. The van der Waals surface area contributed by atoms with Crippen LogP contribution in [0.15, 0.2) is 60.9 Å². The molecule has 1 aromatic heterocycles. The number of nitrogens with zero attached hydrogens (tertiary/aromatic N) is 4. The molecule has 1 aliphatic heterocycles. The number of likely N-dealkylation sites (tertiary alicyclic amines) is 1. The highest BCUT2D eigenvalue weighted by atomic mass is 16.2. The second kappa shape index (κ2) is 8.90. The van der Waals surface area contributed by atoms with E-state index in [4.69, 9.17) is 0 Å². The van der Waals surface area contributed by atoms with Gasteiger partial charge in [0.1, 0.15) is 12.2 Å². The lowest BCUT2D eigenvalue weighted by Crippen LogP contribution is -2.45. The van der Waals surface area contributed by atoms with Crippen molar-refractivity contribution in [2.75, 3.05) is 13.1 Å². The van der Waals surface area contributed by atoms with E-state index in [0.29, 0.717) is 12.5 Å². The molecule has 150 valence electrons. The number of piperidine rings is 1. The van der Waals surface area contributed by atoms with E-state index in [1.165, 1.54) is 5.56 Å². The fourth-order valence-corrected chi connectivity index (χ4v) is 3.87. The molecule has 1 atom stereocenters. The maximum absolute atomic E-state index is 12.7. The standard InChI is InChI=1S/C23H27N5O/c1-18-9-11-19(12-10-18)15-24-23(29)27-13-5-6-20(16-27)14-22-26-25-17-28(22)21-7-3-2-4-8-21/h2-4,7-12,17,20H,5-6,13-16H2,1H3,(H,24,29). The fourth-order valence-electron chi connectivity index (χ4n) is 3.87. The molecule has 1 fully saturated rings. The molecule has 1 saturated heterocycles. The number of hydrogen-bond donors (Lipinski definition) is 1.